The molecule has 1 saturated heterocycles. The highest BCUT2D eigenvalue weighted by Gasteiger charge is 2.38. The van der Waals surface area contributed by atoms with Gasteiger partial charge in [-0.2, -0.15) is 4.31 Å². The molecule has 27 heavy (non-hydrogen) atoms. The highest BCUT2D eigenvalue weighted by molar-refractivity contribution is 7.89. The fourth-order valence-corrected chi connectivity index (χ4v) is 5.07. The zero-order valence-electron chi connectivity index (χ0n) is 15.5. The zero-order valence-corrected chi connectivity index (χ0v) is 16.3. The van der Waals surface area contributed by atoms with Crippen molar-refractivity contribution in [1.82, 2.24) is 14.6 Å². The first-order valence-electron chi connectivity index (χ1n) is 8.45. The minimum absolute atomic E-state index is 0.0101. The monoisotopic (exact) mass is 393 g/mol. The number of nitrogens with zero attached hydrogens (tertiary/aromatic N) is 2. The molecular formula is C18H23N3O5S. The SMILES string of the molecule is COc1cc(OC)c(S(=O)(=O)N2CCNCC2c2cccnc2)c(OC)c1. The van der Waals surface area contributed by atoms with Crippen LogP contribution in [-0.2, 0) is 10.0 Å². The molecule has 0 saturated carbocycles. The van der Waals surface area contributed by atoms with E-state index in [0.717, 1.165) is 5.56 Å². The molecule has 1 unspecified atom stereocenters. The maximum atomic E-state index is 13.6. The van der Waals surface area contributed by atoms with Crippen molar-refractivity contribution in [3.8, 4) is 17.2 Å². The van der Waals surface area contributed by atoms with E-state index in [-0.39, 0.29) is 22.4 Å². The molecule has 2 aromatic rings. The Bertz CT molecular complexity index is 864. The molecule has 0 bridgehead atoms. The first-order chi connectivity index (χ1) is 13.0. The summed E-state index contributed by atoms with van der Waals surface area (Å²) >= 11 is 0. The van der Waals surface area contributed by atoms with Crippen LogP contribution in [0.3, 0.4) is 0 Å². The van der Waals surface area contributed by atoms with Gasteiger partial charge in [0.2, 0.25) is 0 Å². The van der Waals surface area contributed by atoms with E-state index in [0.29, 0.717) is 25.4 Å². The number of methoxy groups -OCH3 is 3. The normalized spacial score (nSPS) is 18.1. The Morgan fingerprint density at radius 1 is 1.15 bits per heavy atom. The largest absolute Gasteiger partial charge is 0.496 e. The summed E-state index contributed by atoms with van der Waals surface area (Å²) in [5.74, 6) is 0.802. The number of aromatic nitrogens is 1. The second-order valence-electron chi connectivity index (χ2n) is 5.98. The lowest BCUT2D eigenvalue weighted by molar-refractivity contribution is 0.268. The summed E-state index contributed by atoms with van der Waals surface area (Å²) in [5.41, 5.74) is 0.819. The van der Waals surface area contributed by atoms with Crippen molar-refractivity contribution in [2.75, 3.05) is 41.0 Å². The minimum atomic E-state index is -3.91. The molecule has 0 aliphatic carbocycles. The fraction of sp³-hybridized carbons (Fsp3) is 0.389. The predicted octanol–water partition coefficient (Wildman–Crippen LogP) is 1.44. The fourth-order valence-electron chi connectivity index (χ4n) is 3.18. The van der Waals surface area contributed by atoms with Crippen LogP contribution in [0.2, 0.25) is 0 Å². The number of benzene rings is 1. The van der Waals surface area contributed by atoms with E-state index in [1.165, 1.54) is 37.8 Å². The highest BCUT2D eigenvalue weighted by Crippen LogP contribution is 2.41. The van der Waals surface area contributed by atoms with E-state index in [1.807, 2.05) is 6.07 Å². The lowest BCUT2D eigenvalue weighted by atomic mass is 10.1. The molecule has 1 aliphatic rings. The van der Waals surface area contributed by atoms with E-state index < -0.39 is 10.0 Å². The summed E-state index contributed by atoms with van der Waals surface area (Å²) in [4.78, 5) is 4.11. The van der Waals surface area contributed by atoms with Crippen LogP contribution in [0, 0.1) is 0 Å². The average molecular weight is 393 g/mol. The maximum absolute atomic E-state index is 13.6. The molecule has 1 aliphatic heterocycles. The van der Waals surface area contributed by atoms with E-state index in [1.54, 1.807) is 18.5 Å². The van der Waals surface area contributed by atoms with Crippen molar-refractivity contribution in [2.45, 2.75) is 10.9 Å². The summed E-state index contributed by atoms with van der Waals surface area (Å²) in [6.07, 6.45) is 3.34. The minimum Gasteiger partial charge on any atom is -0.496 e. The van der Waals surface area contributed by atoms with Crippen molar-refractivity contribution < 1.29 is 22.6 Å². The van der Waals surface area contributed by atoms with E-state index >= 15 is 0 Å². The van der Waals surface area contributed by atoms with E-state index in [9.17, 15) is 8.42 Å². The van der Waals surface area contributed by atoms with Crippen LogP contribution in [0.5, 0.6) is 17.2 Å². The Morgan fingerprint density at radius 3 is 2.41 bits per heavy atom. The van der Waals surface area contributed by atoms with Crippen molar-refractivity contribution in [3.63, 3.8) is 0 Å². The van der Waals surface area contributed by atoms with Crippen LogP contribution in [0.15, 0.2) is 41.6 Å². The van der Waals surface area contributed by atoms with Gasteiger partial charge in [-0.15, -0.1) is 0 Å². The van der Waals surface area contributed by atoms with E-state index in [4.69, 9.17) is 14.2 Å². The van der Waals surface area contributed by atoms with E-state index in [2.05, 4.69) is 10.3 Å². The molecule has 0 amide bonds. The number of hydrogen-bond acceptors (Lipinski definition) is 7. The lowest BCUT2D eigenvalue weighted by Gasteiger charge is -2.35. The topological polar surface area (TPSA) is 90.0 Å². The van der Waals surface area contributed by atoms with Gasteiger partial charge in [-0.1, -0.05) is 6.07 Å². The second-order valence-corrected chi connectivity index (χ2v) is 7.81. The first kappa shape index (κ1) is 19.4. The molecule has 0 spiro atoms. The lowest BCUT2D eigenvalue weighted by Crippen LogP contribution is -2.48. The average Bonchev–Trinajstić information content (AvgIpc) is 2.73. The van der Waals surface area contributed by atoms with Crippen molar-refractivity contribution in [3.05, 3.63) is 42.2 Å². The van der Waals surface area contributed by atoms with Gasteiger partial charge in [-0.3, -0.25) is 4.98 Å². The molecular weight excluding hydrogens is 370 g/mol. The third-order valence-corrected chi connectivity index (χ3v) is 6.47. The van der Waals surface area contributed by atoms with Crippen LogP contribution in [0.1, 0.15) is 11.6 Å². The van der Waals surface area contributed by atoms with Crippen LogP contribution >= 0.6 is 0 Å². The standard InChI is InChI=1S/C18H23N3O5S/c1-24-14-9-16(25-2)18(17(10-14)26-3)27(22,23)21-8-7-20-12-15(21)13-5-4-6-19-11-13/h4-6,9-11,15,20H,7-8,12H2,1-3H3. The molecule has 1 atom stereocenters. The Balaban J connectivity index is 2.12. The van der Waals surface area contributed by atoms with Crippen LogP contribution in [0.4, 0.5) is 0 Å². The van der Waals surface area contributed by atoms with Crippen molar-refractivity contribution >= 4 is 10.0 Å². The van der Waals surface area contributed by atoms with Crippen LogP contribution < -0.4 is 19.5 Å². The van der Waals surface area contributed by atoms with Crippen molar-refractivity contribution in [1.29, 1.82) is 0 Å². The maximum Gasteiger partial charge on any atom is 0.251 e. The molecule has 1 aromatic heterocycles. The first-order valence-corrected chi connectivity index (χ1v) is 9.89. The van der Waals surface area contributed by atoms with Gasteiger partial charge < -0.3 is 19.5 Å². The molecule has 9 heteroatoms. The van der Waals surface area contributed by atoms with Gasteiger partial charge in [-0.05, 0) is 11.6 Å². The van der Waals surface area contributed by atoms with Gasteiger partial charge in [0.1, 0.15) is 17.2 Å². The van der Waals surface area contributed by atoms with Gasteiger partial charge in [0.05, 0.1) is 27.4 Å². The van der Waals surface area contributed by atoms with Gasteiger partial charge in [0.15, 0.2) is 4.90 Å². The molecule has 8 nitrogen and oxygen atoms in total. The summed E-state index contributed by atoms with van der Waals surface area (Å²) in [6, 6.07) is 6.36. The van der Waals surface area contributed by atoms with Crippen LogP contribution in [-0.4, -0.2) is 58.7 Å². The quantitative estimate of drug-likeness (QED) is 0.794. The zero-order chi connectivity index (χ0) is 19.4. The molecule has 1 N–H and O–H groups in total. The number of piperazine rings is 1. The third kappa shape index (κ3) is 3.71. The molecule has 2 heterocycles. The molecule has 146 valence electrons. The number of rotatable bonds is 6. The van der Waals surface area contributed by atoms with Crippen molar-refractivity contribution in [2.24, 2.45) is 0 Å². The predicted molar refractivity (Wildman–Crippen MR) is 99.8 cm³/mol. The second kappa shape index (κ2) is 8.12. The molecule has 0 radical (unpaired) electrons. The Kier molecular flexibility index (Phi) is 5.83. The number of nitrogens with one attached hydrogen (secondary N) is 1. The molecule has 1 aromatic carbocycles. The highest BCUT2D eigenvalue weighted by atomic mass is 32.2. The number of ether oxygens (including phenoxy) is 3. The summed E-state index contributed by atoms with van der Waals surface area (Å²) in [6.45, 7) is 1.36. The summed E-state index contributed by atoms with van der Waals surface area (Å²) < 4.78 is 44.6. The molecule has 1 fully saturated rings. The Hall–Kier alpha value is -2.36. The summed E-state index contributed by atoms with van der Waals surface area (Å²) in [5, 5.41) is 3.25. The van der Waals surface area contributed by atoms with Gasteiger partial charge in [0.25, 0.3) is 10.0 Å². The Labute approximate surface area is 159 Å². The van der Waals surface area contributed by atoms with Crippen LogP contribution in [0.25, 0.3) is 0 Å². The summed E-state index contributed by atoms with van der Waals surface area (Å²) in [7, 11) is 0.428. The van der Waals surface area contributed by atoms with Gasteiger partial charge in [-0.25, -0.2) is 8.42 Å². The van der Waals surface area contributed by atoms with Gasteiger partial charge >= 0.3 is 0 Å². The number of pyridine rings is 1. The Morgan fingerprint density at radius 2 is 1.85 bits per heavy atom. The smallest absolute Gasteiger partial charge is 0.251 e. The third-order valence-electron chi connectivity index (χ3n) is 4.50. The number of hydrogen-bond donors (Lipinski definition) is 1. The molecule has 3 rings (SSSR count). The van der Waals surface area contributed by atoms with Gasteiger partial charge in [0, 0.05) is 44.2 Å². The number of sulfonamides is 1.